The SMILES string of the molecule is O=C(Nc1ccccc1)N1CC(Oc2ccc3ccccc3n2)C1. The van der Waals surface area contributed by atoms with Crippen LogP contribution in [0.15, 0.2) is 66.7 Å². The van der Waals surface area contributed by atoms with Crippen molar-refractivity contribution in [3.8, 4) is 5.88 Å². The van der Waals surface area contributed by atoms with Gasteiger partial charge in [-0.3, -0.25) is 0 Å². The number of aromatic nitrogens is 1. The zero-order valence-electron chi connectivity index (χ0n) is 13.1. The molecule has 2 amide bonds. The molecule has 24 heavy (non-hydrogen) atoms. The van der Waals surface area contributed by atoms with E-state index in [4.69, 9.17) is 4.74 Å². The molecule has 2 heterocycles. The van der Waals surface area contributed by atoms with Gasteiger partial charge in [-0.15, -0.1) is 0 Å². The Bertz CT molecular complexity index is 861. The molecule has 5 heteroatoms. The molecule has 0 unspecified atom stereocenters. The summed E-state index contributed by atoms with van der Waals surface area (Å²) in [5.74, 6) is 0.599. The predicted octanol–water partition coefficient (Wildman–Crippen LogP) is 3.53. The lowest BCUT2D eigenvalue weighted by Crippen LogP contribution is -2.57. The molecule has 0 atom stereocenters. The number of ether oxygens (including phenoxy) is 1. The van der Waals surface area contributed by atoms with Crippen molar-refractivity contribution in [2.24, 2.45) is 0 Å². The summed E-state index contributed by atoms with van der Waals surface area (Å²) in [6, 6.07) is 21.1. The Morgan fingerprint density at radius 1 is 1.00 bits per heavy atom. The van der Waals surface area contributed by atoms with Gasteiger partial charge in [0.2, 0.25) is 5.88 Å². The number of nitrogens with one attached hydrogen (secondary N) is 1. The fourth-order valence-electron chi connectivity index (χ4n) is 2.69. The molecule has 2 aromatic carbocycles. The Kier molecular flexibility index (Phi) is 3.75. The number of urea groups is 1. The van der Waals surface area contributed by atoms with Gasteiger partial charge in [-0.05, 0) is 24.3 Å². The zero-order valence-corrected chi connectivity index (χ0v) is 13.1. The van der Waals surface area contributed by atoms with Gasteiger partial charge in [-0.1, -0.05) is 36.4 Å². The number of amides is 2. The van der Waals surface area contributed by atoms with E-state index in [1.165, 1.54) is 0 Å². The monoisotopic (exact) mass is 319 g/mol. The van der Waals surface area contributed by atoms with Gasteiger partial charge in [0.25, 0.3) is 0 Å². The van der Waals surface area contributed by atoms with Crippen LogP contribution in [0.25, 0.3) is 10.9 Å². The third-order valence-electron chi connectivity index (χ3n) is 4.02. The quantitative estimate of drug-likeness (QED) is 0.803. The van der Waals surface area contributed by atoms with Crippen molar-refractivity contribution in [1.82, 2.24) is 9.88 Å². The molecule has 0 radical (unpaired) electrons. The number of anilines is 1. The summed E-state index contributed by atoms with van der Waals surface area (Å²) in [4.78, 5) is 18.3. The van der Waals surface area contributed by atoms with Crippen LogP contribution in [-0.4, -0.2) is 35.1 Å². The van der Waals surface area contributed by atoms with E-state index in [2.05, 4.69) is 10.3 Å². The highest BCUT2D eigenvalue weighted by molar-refractivity contribution is 5.89. The summed E-state index contributed by atoms with van der Waals surface area (Å²) in [6.07, 6.45) is -0.0137. The number of pyridine rings is 1. The van der Waals surface area contributed by atoms with Crippen LogP contribution in [0.1, 0.15) is 0 Å². The standard InChI is InChI=1S/C19H17N3O2/c23-19(20-15-7-2-1-3-8-15)22-12-16(13-22)24-18-11-10-14-6-4-5-9-17(14)21-18/h1-11,16H,12-13H2,(H,20,23). The molecule has 1 aromatic heterocycles. The van der Waals surface area contributed by atoms with Crippen LogP contribution in [0, 0.1) is 0 Å². The van der Waals surface area contributed by atoms with Gasteiger partial charge >= 0.3 is 6.03 Å². The first kappa shape index (κ1) is 14.5. The fourth-order valence-corrected chi connectivity index (χ4v) is 2.69. The van der Waals surface area contributed by atoms with E-state index in [0.717, 1.165) is 16.6 Å². The van der Waals surface area contributed by atoms with E-state index >= 15 is 0 Å². The highest BCUT2D eigenvalue weighted by atomic mass is 16.5. The average molecular weight is 319 g/mol. The summed E-state index contributed by atoms with van der Waals surface area (Å²) in [5.41, 5.74) is 1.70. The Morgan fingerprint density at radius 3 is 2.58 bits per heavy atom. The lowest BCUT2D eigenvalue weighted by Gasteiger charge is -2.38. The highest BCUT2D eigenvalue weighted by Crippen LogP contribution is 2.20. The minimum Gasteiger partial charge on any atom is -0.471 e. The van der Waals surface area contributed by atoms with E-state index in [9.17, 15) is 4.79 Å². The molecule has 1 aliphatic heterocycles. The molecule has 0 saturated carbocycles. The smallest absolute Gasteiger partial charge is 0.322 e. The maximum absolute atomic E-state index is 12.1. The number of carbonyl (C=O) groups excluding carboxylic acids is 1. The van der Waals surface area contributed by atoms with Crippen molar-refractivity contribution < 1.29 is 9.53 Å². The van der Waals surface area contributed by atoms with Gasteiger partial charge in [0.05, 0.1) is 18.6 Å². The normalized spacial score (nSPS) is 14.2. The van der Waals surface area contributed by atoms with Crippen LogP contribution >= 0.6 is 0 Å². The van der Waals surface area contributed by atoms with Gasteiger partial charge in [0, 0.05) is 17.1 Å². The predicted molar refractivity (Wildman–Crippen MR) is 93.2 cm³/mol. The molecular formula is C19H17N3O2. The van der Waals surface area contributed by atoms with E-state index in [1.807, 2.05) is 66.7 Å². The van der Waals surface area contributed by atoms with E-state index < -0.39 is 0 Å². The van der Waals surface area contributed by atoms with E-state index in [1.54, 1.807) is 4.90 Å². The molecule has 1 saturated heterocycles. The number of carbonyl (C=O) groups is 1. The number of nitrogens with zero attached hydrogens (tertiary/aromatic N) is 2. The lowest BCUT2D eigenvalue weighted by atomic mass is 10.2. The van der Waals surface area contributed by atoms with E-state index in [-0.39, 0.29) is 12.1 Å². The minimum atomic E-state index is -0.104. The van der Waals surface area contributed by atoms with Gasteiger partial charge in [0.1, 0.15) is 6.10 Å². The highest BCUT2D eigenvalue weighted by Gasteiger charge is 2.32. The van der Waals surface area contributed by atoms with Gasteiger partial charge < -0.3 is 15.0 Å². The van der Waals surface area contributed by atoms with Crippen LogP contribution in [0.2, 0.25) is 0 Å². The molecule has 1 aliphatic rings. The first-order valence-electron chi connectivity index (χ1n) is 7.91. The molecule has 120 valence electrons. The van der Waals surface area contributed by atoms with Gasteiger partial charge in [0.15, 0.2) is 0 Å². The summed E-state index contributed by atoms with van der Waals surface area (Å²) < 4.78 is 5.86. The van der Waals surface area contributed by atoms with Crippen molar-refractivity contribution in [3.05, 3.63) is 66.7 Å². The molecular weight excluding hydrogens is 302 g/mol. The Labute approximate surface area is 139 Å². The first-order chi connectivity index (χ1) is 11.8. The molecule has 0 aliphatic carbocycles. The minimum absolute atomic E-state index is 0.0137. The number of benzene rings is 2. The Hall–Kier alpha value is -3.08. The molecule has 5 nitrogen and oxygen atoms in total. The largest absolute Gasteiger partial charge is 0.471 e. The molecule has 1 fully saturated rings. The Morgan fingerprint density at radius 2 is 1.75 bits per heavy atom. The number of fused-ring (bicyclic) bond motifs is 1. The number of likely N-dealkylation sites (tertiary alicyclic amines) is 1. The molecule has 0 bridgehead atoms. The molecule has 1 N–H and O–H groups in total. The maximum atomic E-state index is 12.1. The topological polar surface area (TPSA) is 54.5 Å². The number of para-hydroxylation sites is 2. The van der Waals surface area contributed by atoms with Crippen molar-refractivity contribution in [3.63, 3.8) is 0 Å². The van der Waals surface area contributed by atoms with Gasteiger partial charge in [-0.2, -0.15) is 0 Å². The summed E-state index contributed by atoms with van der Waals surface area (Å²) >= 11 is 0. The molecule has 0 spiro atoms. The van der Waals surface area contributed by atoms with Crippen molar-refractivity contribution >= 4 is 22.6 Å². The summed E-state index contributed by atoms with van der Waals surface area (Å²) in [6.45, 7) is 1.13. The number of hydrogen-bond donors (Lipinski definition) is 1. The lowest BCUT2D eigenvalue weighted by molar-refractivity contribution is 0.0463. The second-order valence-corrected chi connectivity index (χ2v) is 5.78. The third kappa shape index (κ3) is 3.01. The van der Waals surface area contributed by atoms with Crippen LogP contribution in [0.3, 0.4) is 0 Å². The fraction of sp³-hybridized carbons (Fsp3) is 0.158. The first-order valence-corrected chi connectivity index (χ1v) is 7.91. The Balaban J connectivity index is 1.33. The van der Waals surface area contributed by atoms with Crippen LogP contribution in [-0.2, 0) is 0 Å². The second kappa shape index (κ2) is 6.20. The van der Waals surface area contributed by atoms with E-state index in [0.29, 0.717) is 19.0 Å². The zero-order chi connectivity index (χ0) is 16.4. The third-order valence-corrected chi connectivity index (χ3v) is 4.02. The van der Waals surface area contributed by atoms with Crippen molar-refractivity contribution in [2.45, 2.75) is 6.10 Å². The summed E-state index contributed by atoms with van der Waals surface area (Å²) in [5, 5.41) is 3.95. The molecule has 4 rings (SSSR count). The average Bonchev–Trinajstić information content (AvgIpc) is 2.58. The van der Waals surface area contributed by atoms with Crippen LogP contribution < -0.4 is 10.1 Å². The molecule has 3 aromatic rings. The van der Waals surface area contributed by atoms with Gasteiger partial charge in [-0.25, -0.2) is 9.78 Å². The summed E-state index contributed by atoms with van der Waals surface area (Å²) in [7, 11) is 0. The van der Waals surface area contributed by atoms with Crippen molar-refractivity contribution in [2.75, 3.05) is 18.4 Å². The van der Waals surface area contributed by atoms with Crippen molar-refractivity contribution in [1.29, 1.82) is 0 Å². The number of rotatable bonds is 3. The van der Waals surface area contributed by atoms with Crippen LogP contribution in [0.5, 0.6) is 5.88 Å². The maximum Gasteiger partial charge on any atom is 0.322 e. The second-order valence-electron chi connectivity index (χ2n) is 5.78. The van der Waals surface area contributed by atoms with Crippen LogP contribution in [0.4, 0.5) is 10.5 Å². The number of hydrogen-bond acceptors (Lipinski definition) is 3.